The summed E-state index contributed by atoms with van der Waals surface area (Å²) in [6.45, 7) is 4.51. The van der Waals surface area contributed by atoms with Gasteiger partial charge in [0.15, 0.2) is 34.8 Å². The lowest BCUT2D eigenvalue weighted by atomic mass is 9.81. The third kappa shape index (κ3) is 5.81. The van der Waals surface area contributed by atoms with E-state index in [0.717, 1.165) is 11.1 Å². The number of Topliss-reactive ketones (excluding diaryl/α,β-unsaturated/α-hetero) is 1. The summed E-state index contributed by atoms with van der Waals surface area (Å²) in [6, 6.07) is 27.1. The number of phenols is 4. The number of allylic oxidation sites excluding steroid dienone is 1. The van der Waals surface area contributed by atoms with E-state index in [-0.39, 0.29) is 39.4 Å². The van der Waals surface area contributed by atoms with Crippen molar-refractivity contribution < 1.29 is 30.3 Å². The normalized spacial score (nSPS) is 11.7. The third-order valence-corrected chi connectivity index (χ3v) is 9.60. The van der Waals surface area contributed by atoms with E-state index in [2.05, 4.69) is 0 Å². The van der Waals surface area contributed by atoms with Gasteiger partial charge in [-0.3, -0.25) is 4.79 Å². The number of benzene rings is 5. The molecule has 0 fully saturated rings. The standard InChI is InChI=1S/C41H32BClN4O6/c1-4-29(49)34-30(21(3)48)32-28(18-16-25(36(32)51)31-33(42)20(2)35(50)38(53)37(31)52)47(34)27-17-15-24(43)19-26(27)41-45-39(22-11-7-5-8-12-22)44-40(46-41)23-13-9-6-10-14-23/h4-19,49-53H,42H2,1-3H3/b29-4+. The van der Waals surface area contributed by atoms with Crippen LogP contribution in [-0.2, 0) is 0 Å². The van der Waals surface area contributed by atoms with Gasteiger partial charge in [0.1, 0.15) is 19.4 Å². The minimum Gasteiger partial charge on any atom is -0.507 e. The van der Waals surface area contributed by atoms with Gasteiger partial charge in [-0.1, -0.05) is 77.7 Å². The lowest BCUT2D eigenvalue weighted by Gasteiger charge is -2.18. The molecule has 53 heavy (non-hydrogen) atoms. The number of ketones is 1. The Kier molecular flexibility index (Phi) is 8.89. The zero-order valence-electron chi connectivity index (χ0n) is 29.0. The molecule has 10 nitrogen and oxygen atoms in total. The molecule has 0 unspecified atom stereocenters. The summed E-state index contributed by atoms with van der Waals surface area (Å²) in [4.78, 5) is 28.2. The summed E-state index contributed by atoms with van der Waals surface area (Å²) in [5.41, 5.74) is 3.59. The first kappa shape index (κ1) is 34.8. The van der Waals surface area contributed by atoms with E-state index in [9.17, 15) is 30.3 Å². The summed E-state index contributed by atoms with van der Waals surface area (Å²) in [5, 5.41) is 55.9. The van der Waals surface area contributed by atoms with Crippen molar-refractivity contribution in [2.24, 2.45) is 0 Å². The average Bonchev–Trinajstić information content (AvgIpc) is 3.53. The molecule has 7 aromatic rings. The van der Waals surface area contributed by atoms with Crippen molar-refractivity contribution in [3.63, 3.8) is 0 Å². The number of carbonyl (C=O) groups excluding carboxylic acids is 1. The zero-order valence-corrected chi connectivity index (χ0v) is 29.8. The van der Waals surface area contributed by atoms with Crippen LogP contribution in [0.2, 0.25) is 5.02 Å². The molecule has 0 aliphatic carbocycles. The van der Waals surface area contributed by atoms with Crippen LogP contribution < -0.4 is 5.46 Å². The predicted molar refractivity (Wildman–Crippen MR) is 209 cm³/mol. The molecule has 0 saturated heterocycles. The fraction of sp³-hybridized carbons (Fsp3) is 0.0732. The van der Waals surface area contributed by atoms with Crippen molar-refractivity contribution in [2.75, 3.05) is 0 Å². The smallest absolute Gasteiger partial charge is 0.201 e. The molecule has 0 bridgehead atoms. The molecule has 5 aromatic carbocycles. The highest BCUT2D eigenvalue weighted by Crippen LogP contribution is 2.49. The topological polar surface area (TPSA) is 162 Å². The van der Waals surface area contributed by atoms with Gasteiger partial charge in [0.05, 0.1) is 27.8 Å². The minimum atomic E-state index is -0.743. The molecular weight excluding hydrogens is 691 g/mol. The Labute approximate surface area is 310 Å². The van der Waals surface area contributed by atoms with Gasteiger partial charge in [0.25, 0.3) is 0 Å². The second-order valence-corrected chi connectivity index (χ2v) is 13.0. The average molecular weight is 723 g/mol. The van der Waals surface area contributed by atoms with Crippen LogP contribution in [0.25, 0.3) is 67.6 Å². The number of hydrogen-bond acceptors (Lipinski definition) is 9. The highest BCUT2D eigenvalue weighted by atomic mass is 35.5. The fourth-order valence-corrected chi connectivity index (χ4v) is 6.80. The lowest BCUT2D eigenvalue weighted by molar-refractivity contribution is 0.101. The molecule has 2 aromatic heterocycles. The number of aromatic nitrogens is 4. The second-order valence-electron chi connectivity index (χ2n) is 12.5. The van der Waals surface area contributed by atoms with Crippen LogP contribution in [0.5, 0.6) is 23.0 Å². The first-order valence-electron chi connectivity index (χ1n) is 16.6. The van der Waals surface area contributed by atoms with E-state index in [0.29, 0.717) is 44.5 Å². The maximum atomic E-state index is 13.6. The Morgan fingerprint density at radius 1 is 0.755 bits per heavy atom. The molecule has 262 valence electrons. The number of phenolic OH excluding ortho intramolecular Hbond substituents is 4. The molecule has 0 amide bonds. The maximum Gasteiger partial charge on any atom is 0.201 e. The second kappa shape index (κ2) is 13.5. The number of carbonyl (C=O) groups is 1. The van der Waals surface area contributed by atoms with E-state index in [1.54, 1.807) is 50.5 Å². The largest absolute Gasteiger partial charge is 0.507 e. The Hall–Kier alpha value is -6.59. The molecule has 0 atom stereocenters. The van der Waals surface area contributed by atoms with Crippen LogP contribution in [0.3, 0.4) is 0 Å². The number of aromatic hydroxyl groups is 4. The molecule has 0 aliphatic heterocycles. The van der Waals surface area contributed by atoms with Crippen molar-refractivity contribution in [1.82, 2.24) is 19.5 Å². The van der Waals surface area contributed by atoms with Gasteiger partial charge in [0, 0.05) is 32.8 Å². The van der Waals surface area contributed by atoms with Crippen molar-refractivity contribution in [2.45, 2.75) is 20.8 Å². The summed E-state index contributed by atoms with van der Waals surface area (Å²) in [5.74, 6) is -1.92. The van der Waals surface area contributed by atoms with Crippen molar-refractivity contribution >= 4 is 47.4 Å². The van der Waals surface area contributed by atoms with Crippen LogP contribution in [0.4, 0.5) is 0 Å². The highest BCUT2D eigenvalue weighted by Gasteiger charge is 2.31. The van der Waals surface area contributed by atoms with Crippen molar-refractivity contribution in [3.05, 3.63) is 119 Å². The predicted octanol–water partition coefficient (Wildman–Crippen LogP) is 7.65. The van der Waals surface area contributed by atoms with Crippen LogP contribution in [0.15, 0.2) is 97.1 Å². The van der Waals surface area contributed by atoms with Crippen LogP contribution in [-0.4, -0.2) is 58.7 Å². The Balaban J connectivity index is 1.59. The fourth-order valence-electron chi connectivity index (χ4n) is 6.63. The molecular formula is C41H32BClN4O6. The van der Waals surface area contributed by atoms with Gasteiger partial charge in [0.2, 0.25) is 5.75 Å². The van der Waals surface area contributed by atoms with Gasteiger partial charge in [-0.15, -0.1) is 0 Å². The van der Waals surface area contributed by atoms with Gasteiger partial charge in [-0.05, 0) is 62.7 Å². The van der Waals surface area contributed by atoms with E-state index in [4.69, 9.17) is 26.6 Å². The molecule has 7 rings (SSSR count). The quantitative estimate of drug-likeness (QED) is 0.0482. The number of aliphatic hydroxyl groups is 1. The van der Waals surface area contributed by atoms with Gasteiger partial charge >= 0.3 is 0 Å². The first-order chi connectivity index (χ1) is 25.4. The molecule has 0 aliphatic rings. The summed E-state index contributed by atoms with van der Waals surface area (Å²) in [7, 11) is 1.63. The number of nitrogens with zero attached hydrogens (tertiary/aromatic N) is 4. The summed E-state index contributed by atoms with van der Waals surface area (Å²) >= 11 is 6.65. The number of fused-ring (bicyclic) bond motifs is 1. The monoisotopic (exact) mass is 722 g/mol. The summed E-state index contributed by atoms with van der Waals surface area (Å²) in [6.07, 6.45) is 1.44. The molecule has 0 saturated carbocycles. The first-order valence-corrected chi connectivity index (χ1v) is 17.0. The van der Waals surface area contributed by atoms with Gasteiger partial charge in [-0.25, -0.2) is 15.0 Å². The number of aliphatic hydroxyl groups excluding tert-OH is 1. The number of halogens is 1. The molecule has 0 spiro atoms. The van der Waals surface area contributed by atoms with Crippen LogP contribution in [0.1, 0.15) is 35.5 Å². The van der Waals surface area contributed by atoms with Crippen molar-refractivity contribution in [1.29, 1.82) is 0 Å². The van der Waals surface area contributed by atoms with Crippen LogP contribution >= 0.6 is 11.6 Å². The molecule has 5 N–H and O–H groups in total. The molecule has 0 radical (unpaired) electrons. The lowest BCUT2D eigenvalue weighted by Crippen LogP contribution is -2.12. The van der Waals surface area contributed by atoms with Gasteiger partial charge < -0.3 is 30.1 Å². The highest BCUT2D eigenvalue weighted by molar-refractivity contribution is 6.38. The molecule has 2 heterocycles. The third-order valence-electron chi connectivity index (χ3n) is 9.36. The zero-order chi connectivity index (χ0) is 37.7. The van der Waals surface area contributed by atoms with E-state index in [1.807, 2.05) is 60.7 Å². The Morgan fingerprint density at radius 2 is 1.34 bits per heavy atom. The van der Waals surface area contributed by atoms with E-state index < -0.39 is 28.8 Å². The Bertz CT molecular complexity index is 2560. The van der Waals surface area contributed by atoms with Gasteiger partial charge in [-0.2, -0.15) is 0 Å². The Morgan fingerprint density at radius 3 is 1.91 bits per heavy atom. The van der Waals surface area contributed by atoms with Crippen molar-refractivity contribution in [3.8, 4) is 74.0 Å². The number of rotatable bonds is 7. The molecule has 12 heteroatoms. The SMILES string of the molecule is Bc1c(C)c(O)c(O)c(O)c1-c1ccc2c(c1O)c(C(C)=O)c(/C(O)=C\C)n2-c1ccc(Cl)cc1-c1nc(-c2ccccc2)nc(-c2ccccc2)n1. The minimum absolute atomic E-state index is 0.00156. The number of hydrogen-bond donors (Lipinski definition) is 5. The summed E-state index contributed by atoms with van der Waals surface area (Å²) < 4.78 is 1.64. The maximum absolute atomic E-state index is 13.6. The van der Waals surface area contributed by atoms with E-state index >= 15 is 0 Å². The van der Waals surface area contributed by atoms with E-state index in [1.165, 1.54) is 19.1 Å². The van der Waals surface area contributed by atoms with Crippen LogP contribution in [0, 0.1) is 6.92 Å².